The van der Waals surface area contributed by atoms with Gasteiger partial charge in [-0.1, -0.05) is 18.2 Å². The first kappa shape index (κ1) is 16.0. The van der Waals surface area contributed by atoms with Crippen molar-refractivity contribution < 1.29 is 22.5 Å². The largest absolute Gasteiger partial charge is 0.453 e. The first-order chi connectivity index (χ1) is 11.4. The number of hydrogen-bond donors (Lipinski definition) is 2. The number of anilines is 1. The van der Waals surface area contributed by atoms with Crippen molar-refractivity contribution in [2.75, 3.05) is 12.4 Å². The minimum Gasteiger partial charge on any atom is -0.453 e. The summed E-state index contributed by atoms with van der Waals surface area (Å²) in [4.78, 5) is 15.6. The maximum absolute atomic E-state index is 11.5. The van der Waals surface area contributed by atoms with Crippen LogP contribution in [0.1, 0.15) is 0 Å². The van der Waals surface area contributed by atoms with Gasteiger partial charge in [0.2, 0.25) is 5.95 Å². The molecule has 0 unspecified atom stereocenters. The molecule has 1 amide bonds. The lowest BCUT2D eigenvalue weighted by molar-refractivity contribution is 0.186. The molecule has 1 heterocycles. The lowest BCUT2D eigenvalue weighted by Gasteiger charge is -2.09. The van der Waals surface area contributed by atoms with Crippen LogP contribution < -0.4 is 5.32 Å². The van der Waals surface area contributed by atoms with Crippen molar-refractivity contribution in [3.63, 3.8) is 0 Å². The van der Waals surface area contributed by atoms with Gasteiger partial charge in [0.25, 0.3) is 10.1 Å². The molecule has 0 bridgehead atoms. The number of nitrogens with one attached hydrogen (secondary N) is 1. The zero-order valence-corrected chi connectivity index (χ0v) is 13.3. The number of carbonyl (C=O) groups excluding carboxylic acids is 1. The second kappa shape index (κ2) is 5.95. The topological polar surface area (TPSA) is 111 Å². The van der Waals surface area contributed by atoms with Gasteiger partial charge in [-0.05, 0) is 30.3 Å². The summed E-state index contributed by atoms with van der Waals surface area (Å²) in [7, 11) is -3.14. The van der Waals surface area contributed by atoms with Gasteiger partial charge < -0.3 is 4.74 Å². The molecular formula is C15H13N3O5S. The minimum atomic E-state index is -4.36. The second-order valence-corrected chi connectivity index (χ2v) is 6.27. The van der Waals surface area contributed by atoms with Crippen LogP contribution in [0.2, 0.25) is 0 Å². The number of benzene rings is 2. The Kier molecular flexibility index (Phi) is 3.96. The van der Waals surface area contributed by atoms with E-state index in [1.54, 1.807) is 28.8 Å². The number of rotatable bonds is 3. The van der Waals surface area contributed by atoms with Crippen molar-refractivity contribution in [2.24, 2.45) is 0 Å². The fourth-order valence-corrected chi connectivity index (χ4v) is 2.78. The SMILES string of the molecule is COC(=O)Nc1nc2ccc(S(=O)(=O)O)cc2n1-c1ccccc1. The number of fused-ring (bicyclic) bond motifs is 1. The molecule has 3 rings (SSSR count). The summed E-state index contributed by atoms with van der Waals surface area (Å²) in [5.74, 6) is 0.163. The van der Waals surface area contributed by atoms with E-state index < -0.39 is 16.2 Å². The van der Waals surface area contributed by atoms with E-state index in [0.717, 1.165) is 0 Å². The average Bonchev–Trinajstić information content (AvgIpc) is 2.91. The van der Waals surface area contributed by atoms with Crippen molar-refractivity contribution >= 4 is 33.2 Å². The Morgan fingerprint density at radius 1 is 1.21 bits per heavy atom. The van der Waals surface area contributed by atoms with Crippen molar-refractivity contribution in [1.29, 1.82) is 0 Å². The van der Waals surface area contributed by atoms with Gasteiger partial charge in [-0.15, -0.1) is 0 Å². The summed E-state index contributed by atoms with van der Waals surface area (Å²) in [5, 5.41) is 2.49. The molecule has 0 spiro atoms. The van der Waals surface area contributed by atoms with Crippen molar-refractivity contribution in [3.8, 4) is 5.69 Å². The maximum Gasteiger partial charge on any atom is 0.413 e. The Morgan fingerprint density at radius 3 is 2.54 bits per heavy atom. The highest BCUT2D eigenvalue weighted by Gasteiger charge is 2.18. The monoisotopic (exact) mass is 347 g/mol. The van der Waals surface area contributed by atoms with Gasteiger partial charge in [-0.3, -0.25) is 14.4 Å². The number of amides is 1. The predicted octanol–water partition coefficient (Wildman–Crippen LogP) is 2.45. The molecule has 1 aromatic heterocycles. The number of nitrogens with zero attached hydrogens (tertiary/aromatic N) is 2. The third-order valence-electron chi connectivity index (χ3n) is 3.34. The molecule has 0 radical (unpaired) electrons. The zero-order valence-electron chi connectivity index (χ0n) is 12.5. The standard InChI is InChI=1S/C15H13N3O5S/c1-23-15(19)17-14-16-12-8-7-11(24(20,21)22)9-13(12)18(14)10-5-3-2-4-6-10/h2-9H,1H3,(H,16,17,19)(H,20,21,22). The number of hydrogen-bond acceptors (Lipinski definition) is 5. The van der Waals surface area contributed by atoms with Crippen LogP contribution in [0.5, 0.6) is 0 Å². The van der Waals surface area contributed by atoms with E-state index in [1.807, 2.05) is 6.07 Å². The fraction of sp³-hybridized carbons (Fsp3) is 0.0667. The highest BCUT2D eigenvalue weighted by atomic mass is 32.2. The normalized spacial score (nSPS) is 11.4. The van der Waals surface area contributed by atoms with E-state index >= 15 is 0 Å². The minimum absolute atomic E-state index is 0.163. The summed E-state index contributed by atoms with van der Waals surface area (Å²) >= 11 is 0. The molecular weight excluding hydrogens is 334 g/mol. The smallest absolute Gasteiger partial charge is 0.413 e. The van der Waals surface area contributed by atoms with Gasteiger partial charge in [-0.25, -0.2) is 9.78 Å². The summed E-state index contributed by atoms with van der Waals surface area (Å²) in [6.45, 7) is 0. The van der Waals surface area contributed by atoms with E-state index in [0.29, 0.717) is 16.7 Å². The van der Waals surface area contributed by atoms with Crippen LogP contribution in [0, 0.1) is 0 Å². The molecule has 9 heteroatoms. The number of carbonyl (C=O) groups is 1. The first-order valence-corrected chi connectivity index (χ1v) is 8.24. The highest BCUT2D eigenvalue weighted by Crippen LogP contribution is 2.27. The summed E-state index contributed by atoms with van der Waals surface area (Å²) in [6.07, 6.45) is -0.711. The molecule has 0 aliphatic heterocycles. The number of imidazole rings is 1. The van der Waals surface area contributed by atoms with Gasteiger partial charge >= 0.3 is 6.09 Å². The van der Waals surface area contributed by atoms with Crippen molar-refractivity contribution in [1.82, 2.24) is 9.55 Å². The molecule has 24 heavy (non-hydrogen) atoms. The van der Waals surface area contributed by atoms with Crippen LogP contribution in [0.25, 0.3) is 16.7 Å². The fourth-order valence-electron chi connectivity index (χ4n) is 2.28. The Balaban J connectivity index is 2.29. The molecule has 0 atom stereocenters. The van der Waals surface area contributed by atoms with E-state index in [1.165, 1.54) is 25.3 Å². The van der Waals surface area contributed by atoms with E-state index in [4.69, 9.17) is 0 Å². The van der Waals surface area contributed by atoms with Crippen LogP contribution >= 0.6 is 0 Å². The van der Waals surface area contributed by atoms with Crippen LogP contribution in [0.3, 0.4) is 0 Å². The van der Waals surface area contributed by atoms with Gasteiger partial charge in [-0.2, -0.15) is 8.42 Å². The van der Waals surface area contributed by atoms with E-state index in [9.17, 15) is 17.8 Å². The number of ether oxygens (including phenoxy) is 1. The summed E-state index contributed by atoms with van der Waals surface area (Å²) in [5.41, 5.74) is 1.50. The third kappa shape index (κ3) is 2.94. The number of aromatic nitrogens is 2. The molecule has 8 nitrogen and oxygen atoms in total. The maximum atomic E-state index is 11.5. The molecule has 3 aromatic rings. The zero-order chi connectivity index (χ0) is 17.3. The molecule has 0 saturated heterocycles. The molecule has 2 aromatic carbocycles. The van der Waals surface area contributed by atoms with E-state index in [2.05, 4.69) is 15.0 Å². The van der Waals surface area contributed by atoms with Gasteiger partial charge in [0.05, 0.1) is 23.0 Å². The van der Waals surface area contributed by atoms with Crippen LogP contribution in [0.15, 0.2) is 53.4 Å². The predicted molar refractivity (Wildman–Crippen MR) is 86.9 cm³/mol. The van der Waals surface area contributed by atoms with Gasteiger partial charge in [0.1, 0.15) is 0 Å². The molecule has 124 valence electrons. The Bertz CT molecular complexity index is 1010. The lowest BCUT2D eigenvalue weighted by atomic mass is 10.3. The number of para-hydroxylation sites is 1. The average molecular weight is 347 g/mol. The Labute approximate surface area is 137 Å². The van der Waals surface area contributed by atoms with Crippen LogP contribution in [-0.4, -0.2) is 35.7 Å². The number of methoxy groups -OCH3 is 1. The quantitative estimate of drug-likeness (QED) is 0.704. The lowest BCUT2D eigenvalue weighted by Crippen LogP contribution is -2.14. The molecule has 0 aliphatic rings. The van der Waals surface area contributed by atoms with Crippen LogP contribution in [0.4, 0.5) is 10.7 Å². The molecule has 0 saturated carbocycles. The Hall–Kier alpha value is -2.91. The van der Waals surface area contributed by atoms with Gasteiger partial charge in [0, 0.05) is 5.69 Å². The van der Waals surface area contributed by atoms with Crippen LogP contribution in [-0.2, 0) is 14.9 Å². The molecule has 0 aliphatic carbocycles. The third-order valence-corrected chi connectivity index (χ3v) is 4.19. The summed E-state index contributed by atoms with van der Waals surface area (Å²) < 4.78 is 38.2. The van der Waals surface area contributed by atoms with E-state index in [-0.39, 0.29) is 10.8 Å². The Morgan fingerprint density at radius 2 is 1.92 bits per heavy atom. The second-order valence-electron chi connectivity index (χ2n) is 4.85. The van der Waals surface area contributed by atoms with Gasteiger partial charge in [0.15, 0.2) is 0 Å². The highest BCUT2D eigenvalue weighted by molar-refractivity contribution is 7.85. The summed E-state index contributed by atoms with van der Waals surface area (Å²) in [6, 6.07) is 12.9. The van der Waals surface area contributed by atoms with Crippen molar-refractivity contribution in [3.05, 3.63) is 48.5 Å². The molecule has 0 fully saturated rings. The first-order valence-electron chi connectivity index (χ1n) is 6.80. The molecule has 2 N–H and O–H groups in total. The van der Waals surface area contributed by atoms with Crippen molar-refractivity contribution in [2.45, 2.75) is 4.90 Å².